The maximum absolute atomic E-state index is 11.8. The molecule has 1 heterocycles. The molecule has 1 rings (SSSR count). The first-order chi connectivity index (χ1) is 10.1. The van der Waals surface area contributed by atoms with Crippen LogP contribution in [0.2, 0.25) is 0 Å². The summed E-state index contributed by atoms with van der Waals surface area (Å²) in [5.74, 6) is 0.448. The first-order valence-electron chi connectivity index (χ1n) is 7.17. The molecule has 0 aliphatic heterocycles. The zero-order valence-electron chi connectivity index (χ0n) is 12.8. The fourth-order valence-corrected chi connectivity index (χ4v) is 2.69. The highest BCUT2D eigenvalue weighted by atomic mass is 32.2. The Morgan fingerprint density at radius 3 is 2.90 bits per heavy atom. The minimum atomic E-state index is -0.311. The maximum atomic E-state index is 11.8. The second-order valence-electron chi connectivity index (χ2n) is 4.59. The van der Waals surface area contributed by atoms with Gasteiger partial charge in [0.1, 0.15) is 6.04 Å². The summed E-state index contributed by atoms with van der Waals surface area (Å²) in [7, 11) is 0. The van der Waals surface area contributed by atoms with Crippen LogP contribution in [-0.2, 0) is 9.53 Å². The number of aromatic amines is 1. The first-order valence-corrected chi connectivity index (χ1v) is 8.16. The summed E-state index contributed by atoms with van der Waals surface area (Å²) in [5.41, 5.74) is 0.531. The maximum Gasteiger partial charge on any atom is 0.323 e. The van der Waals surface area contributed by atoms with Crippen LogP contribution in [0.15, 0.2) is 16.0 Å². The third kappa shape index (κ3) is 6.77. The molecule has 0 fully saturated rings. The molecule has 1 aromatic rings. The number of aromatic nitrogens is 2. The van der Waals surface area contributed by atoms with Gasteiger partial charge in [-0.25, -0.2) is 4.98 Å². The number of H-pyrrole nitrogens is 1. The Bertz CT molecular complexity index is 504. The smallest absolute Gasteiger partial charge is 0.323 e. The SMILES string of the molecule is CCCNC(CCSc1nc(C)cc(=O)[nH]1)C(=O)OCC. The molecule has 118 valence electrons. The van der Waals surface area contributed by atoms with Crippen LogP contribution in [0.4, 0.5) is 0 Å². The van der Waals surface area contributed by atoms with Gasteiger partial charge in [0.15, 0.2) is 5.16 Å². The molecule has 0 aromatic carbocycles. The molecule has 0 spiro atoms. The lowest BCUT2D eigenvalue weighted by molar-refractivity contribution is -0.145. The van der Waals surface area contributed by atoms with Crippen molar-refractivity contribution in [3.05, 3.63) is 22.1 Å². The van der Waals surface area contributed by atoms with E-state index in [1.165, 1.54) is 17.8 Å². The molecule has 0 aliphatic rings. The van der Waals surface area contributed by atoms with Crippen molar-refractivity contribution in [2.45, 2.75) is 44.8 Å². The number of nitrogens with zero attached hydrogens (tertiary/aromatic N) is 1. The van der Waals surface area contributed by atoms with Gasteiger partial charge in [-0.3, -0.25) is 9.59 Å². The van der Waals surface area contributed by atoms with Gasteiger partial charge in [0.05, 0.1) is 6.61 Å². The zero-order valence-corrected chi connectivity index (χ0v) is 13.6. The Labute approximate surface area is 129 Å². The van der Waals surface area contributed by atoms with E-state index in [0.717, 1.165) is 13.0 Å². The molecule has 0 saturated heterocycles. The molecule has 2 N–H and O–H groups in total. The lowest BCUT2D eigenvalue weighted by Crippen LogP contribution is -2.39. The number of ether oxygens (including phenoxy) is 1. The number of esters is 1. The number of nitrogens with one attached hydrogen (secondary N) is 2. The van der Waals surface area contributed by atoms with Crippen LogP contribution < -0.4 is 10.9 Å². The van der Waals surface area contributed by atoms with E-state index in [2.05, 4.69) is 15.3 Å². The molecule has 1 atom stereocenters. The molecule has 6 nitrogen and oxygen atoms in total. The highest BCUT2D eigenvalue weighted by molar-refractivity contribution is 7.99. The van der Waals surface area contributed by atoms with Crippen LogP contribution in [0.25, 0.3) is 0 Å². The fourth-order valence-electron chi connectivity index (χ4n) is 1.76. The van der Waals surface area contributed by atoms with Crippen molar-refractivity contribution < 1.29 is 9.53 Å². The molecular weight excluding hydrogens is 290 g/mol. The quantitative estimate of drug-likeness (QED) is 0.408. The molecule has 0 aliphatic carbocycles. The van der Waals surface area contributed by atoms with Gasteiger partial charge >= 0.3 is 5.97 Å². The van der Waals surface area contributed by atoms with Gasteiger partial charge in [-0.15, -0.1) is 0 Å². The number of thioether (sulfide) groups is 1. The highest BCUT2D eigenvalue weighted by Crippen LogP contribution is 2.14. The average molecular weight is 313 g/mol. The van der Waals surface area contributed by atoms with Crippen LogP contribution in [0, 0.1) is 6.92 Å². The largest absolute Gasteiger partial charge is 0.465 e. The summed E-state index contributed by atoms with van der Waals surface area (Å²) in [6.45, 7) is 6.77. The number of rotatable bonds is 9. The van der Waals surface area contributed by atoms with Gasteiger partial charge in [0.2, 0.25) is 0 Å². The van der Waals surface area contributed by atoms with Crippen molar-refractivity contribution in [3.63, 3.8) is 0 Å². The van der Waals surface area contributed by atoms with E-state index in [9.17, 15) is 9.59 Å². The third-order valence-corrected chi connectivity index (χ3v) is 3.61. The second-order valence-corrected chi connectivity index (χ2v) is 5.67. The van der Waals surface area contributed by atoms with Crippen molar-refractivity contribution in [1.82, 2.24) is 15.3 Å². The molecular formula is C14H23N3O3S. The lowest BCUT2D eigenvalue weighted by Gasteiger charge is -2.16. The van der Waals surface area contributed by atoms with Crippen LogP contribution in [0.1, 0.15) is 32.4 Å². The van der Waals surface area contributed by atoms with Gasteiger partial charge in [0.25, 0.3) is 5.56 Å². The van der Waals surface area contributed by atoms with E-state index < -0.39 is 0 Å². The van der Waals surface area contributed by atoms with E-state index in [4.69, 9.17) is 4.74 Å². The Balaban J connectivity index is 2.51. The zero-order chi connectivity index (χ0) is 15.7. The lowest BCUT2D eigenvalue weighted by atomic mass is 10.2. The van der Waals surface area contributed by atoms with E-state index in [-0.39, 0.29) is 17.6 Å². The summed E-state index contributed by atoms with van der Waals surface area (Å²) in [5, 5.41) is 3.76. The van der Waals surface area contributed by atoms with E-state index in [0.29, 0.717) is 29.6 Å². The molecule has 1 unspecified atom stereocenters. The molecule has 1 aromatic heterocycles. The molecule has 0 bridgehead atoms. The van der Waals surface area contributed by atoms with Crippen molar-refractivity contribution in [2.75, 3.05) is 18.9 Å². The van der Waals surface area contributed by atoms with Crippen LogP contribution in [0.5, 0.6) is 0 Å². The fraction of sp³-hybridized carbons (Fsp3) is 0.643. The number of hydrogen-bond donors (Lipinski definition) is 2. The number of hydrogen-bond acceptors (Lipinski definition) is 6. The van der Waals surface area contributed by atoms with Crippen LogP contribution >= 0.6 is 11.8 Å². The summed E-state index contributed by atoms with van der Waals surface area (Å²) >= 11 is 1.43. The van der Waals surface area contributed by atoms with Crippen LogP contribution in [-0.4, -0.2) is 40.9 Å². The van der Waals surface area contributed by atoms with E-state index in [1.54, 1.807) is 13.8 Å². The summed E-state index contributed by atoms with van der Waals surface area (Å²) < 4.78 is 5.06. The monoisotopic (exact) mass is 313 g/mol. The van der Waals surface area contributed by atoms with Gasteiger partial charge in [-0.1, -0.05) is 18.7 Å². The van der Waals surface area contributed by atoms with Gasteiger partial charge in [-0.05, 0) is 33.2 Å². The predicted octanol–water partition coefficient (Wildman–Crippen LogP) is 1.49. The normalized spacial score (nSPS) is 12.1. The molecule has 0 radical (unpaired) electrons. The van der Waals surface area contributed by atoms with Gasteiger partial charge in [-0.2, -0.15) is 0 Å². The summed E-state index contributed by atoms with van der Waals surface area (Å²) in [6.07, 6.45) is 1.58. The minimum absolute atomic E-state index is 0.156. The Morgan fingerprint density at radius 1 is 1.52 bits per heavy atom. The van der Waals surface area contributed by atoms with Gasteiger partial charge in [0, 0.05) is 17.5 Å². The van der Waals surface area contributed by atoms with E-state index in [1.807, 2.05) is 6.92 Å². The van der Waals surface area contributed by atoms with Gasteiger partial charge < -0.3 is 15.0 Å². The first kappa shape index (κ1) is 17.7. The number of aryl methyl sites for hydroxylation is 1. The third-order valence-electron chi connectivity index (χ3n) is 2.71. The van der Waals surface area contributed by atoms with E-state index >= 15 is 0 Å². The Morgan fingerprint density at radius 2 is 2.29 bits per heavy atom. The number of carbonyl (C=O) groups is 1. The molecule has 21 heavy (non-hydrogen) atoms. The predicted molar refractivity (Wildman–Crippen MR) is 83.7 cm³/mol. The second kappa shape index (κ2) is 9.57. The average Bonchev–Trinajstić information content (AvgIpc) is 2.41. The summed E-state index contributed by atoms with van der Waals surface area (Å²) in [6, 6.07) is 1.14. The molecule has 0 saturated carbocycles. The highest BCUT2D eigenvalue weighted by Gasteiger charge is 2.18. The van der Waals surface area contributed by atoms with Crippen molar-refractivity contribution >= 4 is 17.7 Å². The molecule has 7 heteroatoms. The van der Waals surface area contributed by atoms with Crippen LogP contribution in [0.3, 0.4) is 0 Å². The van der Waals surface area contributed by atoms with Crippen molar-refractivity contribution in [1.29, 1.82) is 0 Å². The van der Waals surface area contributed by atoms with Crippen molar-refractivity contribution in [2.24, 2.45) is 0 Å². The number of carbonyl (C=O) groups excluding carboxylic acids is 1. The standard InChI is InChI=1S/C14H23N3O3S/c1-4-7-15-11(13(19)20-5-2)6-8-21-14-16-10(3)9-12(18)17-14/h9,11,15H,4-8H2,1-3H3,(H,16,17,18). The Hall–Kier alpha value is -1.34. The topological polar surface area (TPSA) is 84.1 Å². The summed E-state index contributed by atoms with van der Waals surface area (Å²) in [4.78, 5) is 30.1. The minimum Gasteiger partial charge on any atom is -0.465 e. The Kier molecular flexibility index (Phi) is 8.07. The van der Waals surface area contributed by atoms with Crippen molar-refractivity contribution in [3.8, 4) is 0 Å². The molecule has 0 amide bonds.